The predicted octanol–water partition coefficient (Wildman–Crippen LogP) is 1.21. The summed E-state index contributed by atoms with van der Waals surface area (Å²) in [5.74, 6) is -0.833. The summed E-state index contributed by atoms with van der Waals surface area (Å²) in [6.45, 7) is 4.78. The molecule has 2 aromatic heterocycles. The molecule has 21 heavy (non-hydrogen) atoms. The number of nitrogens with zero attached hydrogens (tertiary/aromatic N) is 5. The molecule has 0 saturated carbocycles. The Balaban J connectivity index is 2.45. The zero-order valence-corrected chi connectivity index (χ0v) is 13.8. The molecule has 116 valence electrons. The van der Waals surface area contributed by atoms with Gasteiger partial charge in [-0.25, -0.2) is 4.98 Å². The number of carbonyl (C=O) groups is 1. The fourth-order valence-corrected chi connectivity index (χ4v) is 2.87. The average Bonchev–Trinajstić information content (AvgIpc) is 2.87. The monoisotopic (exact) mass is 311 g/mol. The molecule has 0 aromatic carbocycles. The molecule has 1 unspecified atom stereocenters. The molecule has 0 amide bonds. The van der Waals surface area contributed by atoms with Crippen molar-refractivity contribution in [2.45, 2.75) is 31.6 Å². The Morgan fingerprint density at radius 1 is 1.48 bits per heavy atom. The van der Waals surface area contributed by atoms with Crippen LogP contribution in [0.4, 0.5) is 0 Å². The highest BCUT2D eigenvalue weighted by molar-refractivity contribution is 7.99. The van der Waals surface area contributed by atoms with E-state index in [4.69, 9.17) is 5.11 Å². The van der Waals surface area contributed by atoms with Crippen LogP contribution < -0.4 is 0 Å². The molecule has 8 heteroatoms. The van der Waals surface area contributed by atoms with E-state index in [1.807, 2.05) is 32.7 Å². The number of carboxylic acid groups (broad SMARTS) is 1. The van der Waals surface area contributed by atoms with Gasteiger partial charge in [0.25, 0.3) is 0 Å². The van der Waals surface area contributed by atoms with Gasteiger partial charge in [-0.3, -0.25) is 9.48 Å². The van der Waals surface area contributed by atoms with Crippen LogP contribution in [0.25, 0.3) is 11.2 Å². The van der Waals surface area contributed by atoms with E-state index in [0.717, 1.165) is 28.6 Å². The predicted molar refractivity (Wildman–Crippen MR) is 82.7 cm³/mol. The van der Waals surface area contributed by atoms with Crippen LogP contribution in [0.15, 0.2) is 5.16 Å². The topological polar surface area (TPSA) is 76.2 Å². The van der Waals surface area contributed by atoms with E-state index < -0.39 is 5.97 Å². The van der Waals surface area contributed by atoms with Crippen molar-refractivity contribution in [3.05, 3.63) is 5.69 Å². The number of carboxylic acids is 1. The van der Waals surface area contributed by atoms with Crippen molar-refractivity contribution >= 4 is 28.9 Å². The lowest BCUT2D eigenvalue weighted by Gasteiger charge is -2.21. The van der Waals surface area contributed by atoms with Crippen molar-refractivity contribution < 1.29 is 9.90 Å². The molecule has 0 spiro atoms. The first kappa shape index (κ1) is 15.8. The van der Waals surface area contributed by atoms with Gasteiger partial charge in [-0.15, -0.1) is 0 Å². The zero-order valence-electron chi connectivity index (χ0n) is 13.0. The van der Waals surface area contributed by atoms with Crippen molar-refractivity contribution in [1.29, 1.82) is 0 Å². The van der Waals surface area contributed by atoms with Gasteiger partial charge in [-0.05, 0) is 27.9 Å². The molecule has 1 atom stereocenters. The van der Waals surface area contributed by atoms with E-state index in [9.17, 15) is 4.79 Å². The van der Waals surface area contributed by atoms with Gasteiger partial charge in [0.05, 0.1) is 11.4 Å². The number of likely N-dealkylation sites (N-methyl/N-ethyl adjacent to an activating group) is 1. The summed E-state index contributed by atoms with van der Waals surface area (Å²) in [6, 6.07) is 0.307. The lowest BCUT2D eigenvalue weighted by Crippen LogP contribution is -2.29. The second-order valence-electron chi connectivity index (χ2n) is 5.38. The maximum atomic E-state index is 10.8. The molecule has 2 rings (SSSR count). The van der Waals surface area contributed by atoms with Crippen LogP contribution in [-0.2, 0) is 18.4 Å². The molecule has 0 radical (unpaired) electrons. The number of imidazole rings is 1. The zero-order chi connectivity index (χ0) is 15.7. The number of aromatic nitrogens is 4. The standard InChI is InChI=1S/C13H21N5O2S/c1-8(16(3)4)6-18-12-11(9(2)15-17(12)5)14-13(18)21-7-10(19)20/h8H,6-7H2,1-5H3,(H,19,20). The molecule has 0 aliphatic heterocycles. The summed E-state index contributed by atoms with van der Waals surface area (Å²) in [4.78, 5) is 17.5. The van der Waals surface area contributed by atoms with Crippen LogP contribution in [0, 0.1) is 6.92 Å². The SMILES string of the molecule is Cc1nn(C)c2c1nc(SCC(=O)O)n2CC(C)N(C)C. The number of hydrogen-bond donors (Lipinski definition) is 1. The molecule has 2 aromatic rings. The summed E-state index contributed by atoms with van der Waals surface area (Å²) in [5.41, 5.74) is 2.64. The molecule has 0 saturated heterocycles. The largest absolute Gasteiger partial charge is 0.481 e. The molecule has 0 aliphatic carbocycles. The number of hydrogen-bond acceptors (Lipinski definition) is 5. The van der Waals surface area contributed by atoms with E-state index in [1.54, 1.807) is 0 Å². The molecule has 0 fully saturated rings. The Kier molecular flexibility index (Phi) is 4.58. The van der Waals surface area contributed by atoms with E-state index in [-0.39, 0.29) is 5.75 Å². The maximum Gasteiger partial charge on any atom is 0.313 e. The summed E-state index contributed by atoms with van der Waals surface area (Å²) < 4.78 is 3.87. The minimum absolute atomic E-state index is 0.00609. The first-order valence-electron chi connectivity index (χ1n) is 6.72. The van der Waals surface area contributed by atoms with E-state index in [1.165, 1.54) is 11.8 Å². The van der Waals surface area contributed by atoms with Crippen LogP contribution in [0.5, 0.6) is 0 Å². The number of rotatable bonds is 6. The lowest BCUT2D eigenvalue weighted by molar-refractivity contribution is -0.133. The van der Waals surface area contributed by atoms with Crippen LogP contribution in [-0.4, -0.2) is 61.2 Å². The van der Waals surface area contributed by atoms with Crippen LogP contribution in [0.1, 0.15) is 12.6 Å². The third-order valence-corrected chi connectivity index (χ3v) is 4.47. The number of aryl methyl sites for hydroxylation is 2. The Morgan fingerprint density at radius 2 is 2.14 bits per heavy atom. The molecule has 0 bridgehead atoms. The lowest BCUT2D eigenvalue weighted by atomic mass is 10.3. The number of aliphatic carboxylic acids is 1. The van der Waals surface area contributed by atoms with Gasteiger partial charge in [0.1, 0.15) is 5.52 Å². The highest BCUT2D eigenvalue weighted by atomic mass is 32.2. The highest BCUT2D eigenvalue weighted by Crippen LogP contribution is 2.26. The van der Waals surface area contributed by atoms with Gasteiger partial charge >= 0.3 is 5.97 Å². The van der Waals surface area contributed by atoms with Crippen LogP contribution >= 0.6 is 11.8 Å². The second-order valence-corrected chi connectivity index (χ2v) is 6.32. The molecule has 7 nitrogen and oxygen atoms in total. The third kappa shape index (κ3) is 3.21. The second kappa shape index (κ2) is 6.07. The van der Waals surface area contributed by atoms with Gasteiger partial charge in [0.2, 0.25) is 0 Å². The summed E-state index contributed by atoms with van der Waals surface area (Å²) in [6.07, 6.45) is 0. The van der Waals surface area contributed by atoms with Gasteiger partial charge < -0.3 is 14.6 Å². The van der Waals surface area contributed by atoms with Crippen LogP contribution in [0.3, 0.4) is 0 Å². The maximum absolute atomic E-state index is 10.8. The first-order valence-corrected chi connectivity index (χ1v) is 7.70. The normalized spacial score (nSPS) is 13.2. The Labute approximate surface area is 127 Å². The van der Waals surface area contributed by atoms with Gasteiger partial charge in [-0.2, -0.15) is 5.10 Å². The first-order chi connectivity index (χ1) is 9.81. The summed E-state index contributed by atoms with van der Waals surface area (Å²) >= 11 is 1.25. The molecular weight excluding hydrogens is 290 g/mol. The molecule has 1 N–H and O–H groups in total. The fraction of sp³-hybridized carbons (Fsp3) is 0.615. The quantitative estimate of drug-likeness (QED) is 0.808. The highest BCUT2D eigenvalue weighted by Gasteiger charge is 2.20. The smallest absolute Gasteiger partial charge is 0.313 e. The molecule has 0 aliphatic rings. The van der Waals surface area contributed by atoms with E-state index in [0.29, 0.717) is 6.04 Å². The number of fused-ring (bicyclic) bond motifs is 1. The fourth-order valence-electron chi connectivity index (χ4n) is 2.14. The van der Waals surface area contributed by atoms with E-state index >= 15 is 0 Å². The Hall–Kier alpha value is -1.54. The minimum Gasteiger partial charge on any atom is -0.481 e. The van der Waals surface area contributed by atoms with Crippen molar-refractivity contribution in [3.63, 3.8) is 0 Å². The van der Waals surface area contributed by atoms with Gasteiger partial charge in [-0.1, -0.05) is 11.8 Å². The van der Waals surface area contributed by atoms with Crippen molar-refractivity contribution in [2.24, 2.45) is 7.05 Å². The van der Waals surface area contributed by atoms with Gasteiger partial charge in [0, 0.05) is 19.6 Å². The van der Waals surface area contributed by atoms with E-state index in [2.05, 4.69) is 26.5 Å². The summed E-state index contributed by atoms with van der Waals surface area (Å²) in [5, 5.41) is 14.0. The third-order valence-electron chi connectivity index (χ3n) is 3.51. The Morgan fingerprint density at radius 3 is 2.71 bits per heavy atom. The van der Waals surface area contributed by atoms with Crippen molar-refractivity contribution in [3.8, 4) is 0 Å². The van der Waals surface area contributed by atoms with Crippen molar-refractivity contribution in [2.75, 3.05) is 19.8 Å². The van der Waals surface area contributed by atoms with Crippen molar-refractivity contribution in [1.82, 2.24) is 24.2 Å². The molecule has 2 heterocycles. The summed E-state index contributed by atoms with van der Waals surface area (Å²) in [7, 11) is 5.94. The Bertz CT molecular complexity index is 661. The number of thioether (sulfide) groups is 1. The minimum atomic E-state index is -0.839. The van der Waals surface area contributed by atoms with Gasteiger partial charge in [0.15, 0.2) is 10.8 Å². The average molecular weight is 311 g/mol. The van der Waals surface area contributed by atoms with Crippen LogP contribution in [0.2, 0.25) is 0 Å². The molecular formula is C13H21N5O2S.